The normalized spacial score (nSPS) is 20.9. The molecule has 1 N–H and O–H groups in total. The van der Waals surface area contributed by atoms with Gasteiger partial charge in [-0.2, -0.15) is 0 Å². The van der Waals surface area contributed by atoms with Gasteiger partial charge in [0.25, 0.3) is 0 Å². The van der Waals surface area contributed by atoms with Crippen LogP contribution in [0.4, 0.5) is 0 Å². The van der Waals surface area contributed by atoms with E-state index in [2.05, 4.69) is 5.32 Å². The summed E-state index contributed by atoms with van der Waals surface area (Å²) in [6.45, 7) is 5.56. The number of nitrogens with one attached hydrogen (secondary N) is 1. The topological polar surface area (TPSA) is 100 Å². The van der Waals surface area contributed by atoms with E-state index in [4.69, 9.17) is 18.9 Å². The Hall–Kier alpha value is -4.07. The molecule has 0 bridgehead atoms. The van der Waals surface area contributed by atoms with E-state index >= 15 is 0 Å². The lowest BCUT2D eigenvalue weighted by Crippen LogP contribution is -2.43. The lowest BCUT2D eigenvalue weighted by atomic mass is 9.67. The summed E-state index contributed by atoms with van der Waals surface area (Å²) in [5.41, 5.74) is 3.38. The Labute approximate surface area is 222 Å². The van der Waals surface area contributed by atoms with E-state index in [1.54, 1.807) is 41.1 Å². The number of carbonyl (C=O) groups is 3. The van der Waals surface area contributed by atoms with Gasteiger partial charge in [0.2, 0.25) is 0 Å². The molecule has 0 fully saturated rings. The molecule has 0 aromatic heterocycles. The minimum absolute atomic E-state index is 0.144. The van der Waals surface area contributed by atoms with Gasteiger partial charge in [-0.05, 0) is 51.0 Å². The average Bonchev–Trinajstić information content (AvgIpc) is 2.92. The van der Waals surface area contributed by atoms with Crippen molar-refractivity contribution < 1.29 is 33.3 Å². The molecule has 1 aliphatic heterocycles. The van der Waals surface area contributed by atoms with E-state index in [-0.39, 0.29) is 19.0 Å². The van der Waals surface area contributed by atoms with Crippen molar-refractivity contribution >= 4 is 17.7 Å². The van der Waals surface area contributed by atoms with Crippen molar-refractivity contribution in [3.63, 3.8) is 0 Å². The standard InChI is InChI=1S/C30H33NO7/c1-6-37-29(33)24-17(3)31-22-16-21(18-12-14-19(35-4)15-13-18)26(30(34)38-7-2)28(32)27(22)25(24)20-10-8-9-11-23(20)36-5/h8-15,21,25-26,31H,6-7,16H2,1-5H3/t21-,25+,26-/m1/s1. The van der Waals surface area contributed by atoms with Crippen LogP contribution < -0.4 is 14.8 Å². The first-order valence-electron chi connectivity index (χ1n) is 12.7. The van der Waals surface area contributed by atoms with Crippen molar-refractivity contribution in [3.05, 3.63) is 82.2 Å². The van der Waals surface area contributed by atoms with E-state index in [0.29, 0.717) is 46.0 Å². The maximum Gasteiger partial charge on any atom is 0.336 e. The van der Waals surface area contributed by atoms with Crippen molar-refractivity contribution in [1.82, 2.24) is 5.32 Å². The zero-order valence-corrected chi connectivity index (χ0v) is 22.3. The molecule has 4 rings (SSSR count). The third kappa shape index (κ3) is 4.90. The molecule has 2 aromatic carbocycles. The van der Waals surface area contributed by atoms with E-state index in [1.807, 2.05) is 42.5 Å². The van der Waals surface area contributed by atoms with E-state index < -0.39 is 29.7 Å². The van der Waals surface area contributed by atoms with Crippen LogP contribution in [0.2, 0.25) is 0 Å². The van der Waals surface area contributed by atoms with Gasteiger partial charge in [-0.1, -0.05) is 30.3 Å². The van der Waals surface area contributed by atoms with Gasteiger partial charge in [-0.15, -0.1) is 0 Å². The van der Waals surface area contributed by atoms with Crippen LogP contribution in [-0.4, -0.2) is 45.2 Å². The predicted molar refractivity (Wildman–Crippen MR) is 141 cm³/mol. The van der Waals surface area contributed by atoms with Crippen LogP contribution in [0, 0.1) is 5.92 Å². The molecule has 3 atom stereocenters. The zero-order valence-electron chi connectivity index (χ0n) is 22.3. The molecule has 38 heavy (non-hydrogen) atoms. The average molecular weight is 520 g/mol. The van der Waals surface area contributed by atoms with Crippen LogP contribution in [0.5, 0.6) is 11.5 Å². The molecule has 200 valence electrons. The molecule has 2 aromatic rings. The molecular formula is C30H33NO7. The van der Waals surface area contributed by atoms with E-state index in [9.17, 15) is 14.4 Å². The summed E-state index contributed by atoms with van der Waals surface area (Å²) in [5, 5.41) is 3.31. The van der Waals surface area contributed by atoms with Crippen LogP contribution >= 0.6 is 0 Å². The smallest absolute Gasteiger partial charge is 0.336 e. The number of ketones is 1. The van der Waals surface area contributed by atoms with Gasteiger partial charge in [0.15, 0.2) is 5.78 Å². The maximum atomic E-state index is 14.4. The van der Waals surface area contributed by atoms with E-state index in [0.717, 1.165) is 5.56 Å². The lowest BCUT2D eigenvalue weighted by molar-refractivity contribution is -0.152. The zero-order chi connectivity index (χ0) is 27.4. The summed E-state index contributed by atoms with van der Waals surface area (Å²) in [6, 6.07) is 14.6. The van der Waals surface area contributed by atoms with Crippen molar-refractivity contribution in [2.45, 2.75) is 39.0 Å². The number of ether oxygens (including phenoxy) is 4. The van der Waals surface area contributed by atoms with Gasteiger partial charge in [0.1, 0.15) is 17.4 Å². The number of rotatable bonds is 8. The summed E-state index contributed by atoms with van der Waals surface area (Å²) in [7, 11) is 3.12. The third-order valence-corrected chi connectivity index (χ3v) is 7.05. The first-order chi connectivity index (χ1) is 18.4. The highest BCUT2D eigenvalue weighted by Gasteiger charge is 2.49. The molecule has 0 radical (unpaired) electrons. The van der Waals surface area contributed by atoms with Crippen LogP contribution in [0.1, 0.15) is 50.2 Å². The largest absolute Gasteiger partial charge is 0.497 e. The Morgan fingerprint density at radius 3 is 2.26 bits per heavy atom. The van der Waals surface area contributed by atoms with E-state index in [1.165, 1.54) is 0 Å². The van der Waals surface area contributed by atoms with Crippen molar-refractivity contribution in [3.8, 4) is 11.5 Å². The molecule has 0 spiro atoms. The van der Waals surface area contributed by atoms with Gasteiger partial charge < -0.3 is 24.3 Å². The molecule has 0 saturated carbocycles. The quantitative estimate of drug-likeness (QED) is 0.404. The van der Waals surface area contributed by atoms with Gasteiger partial charge >= 0.3 is 11.9 Å². The third-order valence-electron chi connectivity index (χ3n) is 7.05. The van der Waals surface area contributed by atoms with Crippen molar-refractivity contribution in [2.24, 2.45) is 5.92 Å². The Morgan fingerprint density at radius 2 is 1.63 bits per heavy atom. The maximum absolute atomic E-state index is 14.4. The fraction of sp³-hybridized carbons (Fsp3) is 0.367. The summed E-state index contributed by atoms with van der Waals surface area (Å²) in [5.74, 6) is -2.62. The van der Waals surface area contributed by atoms with Gasteiger partial charge in [0.05, 0.1) is 38.9 Å². The second-order valence-electron chi connectivity index (χ2n) is 9.13. The van der Waals surface area contributed by atoms with Crippen molar-refractivity contribution in [2.75, 3.05) is 27.4 Å². The molecule has 8 heteroatoms. The molecule has 1 aliphatic carbocycles. The SMILES string of the molecule is CCOC(=O)C1=C(C)NC2=C(C(=O)[C@H](C(=O)OCC)[C@@H](c3ccc(OC)cc3)C2)[C@H]1c1ccccc1OC. The summed E-state index contributed by atoms with van der Waals surface area (Å²) < 4.78 is 21.7. The van der Waals surface area contributed by atoms with Crippen LogP contribution in [0.15, 0.2) is 71.1 Å². The number of para-hydroxylation sites is 1. The number of benzene rings is 2. The van der Waals surface area contributed by atoms with Crippen LogP contribution in [-0.2, 0) is 23.9 Å². The number of carbonyl (C=O) groups excluding carboxylic acids is 3. The van der Waals surface area contributed by atoms with Crippen molar-refractivity contribution in [1.29, 1.82) is 0 Å². The molecular weight excluding hydrogens is 486 g/mol. The number of methoxy groups -OCH3 is 2. The van der Waals surface area contributed by atoms with Gasteiger partial charge in [-0.3, -0.25) is 9.59 Å². The molecule has 0 amide bonds. The highest BCUT2D eigenvalue weighted by atomic mass is 16.5. The van der Waals surface area contributed by atoms with Crippen LogP contribution in [0.25, 0.3) is 0 Å². The van der Waals surface area contributed by atoms with Gasteiger partial charge in [0, 0.05) is 28.4 Å². The molecule has 1 heterocycles. The first-order valence-corrected chi connectivity index (χ1v) is 12.7. The molecule has 2 aliphatic rings. The molecule has 8 nitrogen and oxygen atoms in total. The summed E-state index contributed by atoms with van der Waals surface area (Å²) >= 11 is 0. The minimum Gasteiger partial charge on any atom is -0.497 e. The molecule has 0 unspecified atom stereocenters. The number of dihydropyridines is 1. The Balaban J connectivity index is 1.91. The monoisotopic (exact) mass is 519 g/mol. The number of hydrogen-bond acceptors (Lipinski definition) is 8. The van der Waals surface area contributed by atoms with Crippen LogP contribution in [0.3, 0.4) is 0 Å². The fourth-order valence-corrected chi connectivity index (χ4v) is 5.40. The number of hydrogen-bond donors (Lipinski definition) is 1. The Morgan fingerprint density at radius 1 is 0.947 bits per heavy atom. The Kier molecular flexibility index (Phi) is 8.20. The molecule has 0 saturated heterocycles. The van der Waals surface area contributed by atoms with Gasteiger partial charge in [-0.25, -0.2) is 4.79 Å². The summed E-state index contributed by atoms with van der Waals surface area (Å²) in [6.07, 6.45) is 0.371. The second-order valence-corrected chi connectivity index (χ2v) is 9.13. The highest BCUT2D eigenvalue weighted by Crippen LogP contribution is 2.49. The number of esters is 2. The Bertz CT molecular complexity index is 1290. The first kappa shape index (κ1) is 27.0. The number of Topliss-reactive ketones (excluding diaryl/α,β-unsaturated/α-hetero) is 1. The number of allylic oxidation sites excluding steroid dienone is 3. The summed E-state index contributed by atoms with van der Waals surface area (Å²) in [4.78, 5) is 40.9. The predicted octanol–water partition coefficient (Wildman–Crippen LogP) is 4.42. The fourth-order valence-electron chi connectivity index (χ4n) is 5.40. The lowest BCUT2D eigenvalue weighted by Gasteiger charge is -2.39. The highest BCUT2D eigenvalue weighted by molar-refractivity contribution is 6.13. The minimum atomic E-state index is -1.08. The second kappa shape index (κ2) is 11.5.